The number of anilines is 1. The Morgan fingerprint density at radius 3 is 2.62 bits per heavy atom. The van der Waals surface area contributed by atoms with Crippen LogP contribution >= 0.6 is 11.6 Å². The number of hydrogen-bond donors (Lipinski definition) is 1. The van der Waals surface area contributed by atoms with E-state index >= 15 is 0 Å². The van der Waals surface area contributed by atoms with Crippen LogP contribution in [-0.4, -0.2) is 39.3 Å². The van der Waals surface area contributed by atoms with E-state index in [1.54, 1.807) is 6.07 Å². The van der Waals surface area contributed by atoms with Gasteiger partial charge in [-0.15, -0.1) is 0 Å². The lowest BCUT2D eigenvalue weighted by atomic mass is 10.1. The van der Waals surface area contributed by atoms with Crippen LogP contribution in [0.1, 0.15) is 15.9 Å². The molecule has 0 radical (unpaired) electrons. The molecule has 0 aromatic heterocycles. The minimum Gasteiger partial charge on any atom is -0.465 e. The van der Waals surface area contributed by atoms with Gasteiger partial charge < -0.3 is 14.5 Å². The van der Waals surface area contributed by atoms with Gasteiger partial charge in [0.1, 0.15) is 6.54 Å². The molecule has 0 atom stereocenters. The summed E-state index contributed by atoms with van der Waals surface area (Å²) >= 11 is 6.29. The third kappa shape index (κ3) is 3.89. The lowest BCUT2D eigenvalue weighted by Crippen LogP contribution is -3.13. The number of methoxy groups -OCH3 is 1. The van der Waals surface area contributed by atoms with Crippen molar-refractivity contribution >= 4 is 23.3 Å². The first-order valence-electron chi connectivity index (χ1n) is 8.17. The quantitative estimate of drug-likeness (QED) is 0.861. The molecular weight excluding hydrogens is 324 g/mol. The van der Waals surface area contributed by atoms with E-state index in [2.05, 4.69) is 17.0 Å². The molecule has 0 saturated carbocycles. The van der Waals surface area contributed by atoms with Gasteiger partial charge in [0.05, 0.1) is 49.6 Å². The van der Waals surface area contributed by atoms with E-state index in [0.717, 1.165) is 43.4 Å². The minimum atomic E-state index is -0.282. The molecule has 0 amide bonds. The highest BCUT2D eigenvalue weighted by Gasteiger charge is 2.21. The number of para-hydroxylation sites is 1. The largest absolute Gasteiger partial charge is 0.465 e. The van der Waals surface area contributed by atoms with Crippen LogP contribution in [0.4, 0.5) is 5.69 Å². The van der Waals surface area contributed by atoms with Crippen molar-refractivity contribution in [1.82, 2.24) is 0 Å². The molecule has 1 aliphatic heterocycles. The van der Waals surface area contributed by atoms with Crippen molar-refractivity contribution in [2.24, 2.45) is 0 Å². The number of nitrogens with one attached hydrogen (secondary N) is 1. The number of rotatable bonds is 4. The molecule has 1 aliphatic rings. The first kappa shape index (κ1) is 16.8. The maximum absolute atomic E-state index is 11.6. The lowest BCUT2D eigenvalue weighted by molar-refractivity contribution is -0.914. The van der Waals surface area contributed by atoms with Gasteiger partial charge in [0.15, 0.2) is 0 Å². The molecule has 0 spiro atoms. The highest BCUT2D eigenvalue weighted by molar-refractivity contribution is 6.33. The van der Waals surface area contributed by atoms with E-state index in [4.69, 9.17) is 16.3 Å². The van der Waals surface area contributed by atoms with Gasteiger partial charge in [0.2, 0.25) is 0 Å². The summed E-state index contributed by atoms with van der Waals surface area (Å²) in [4.78, 5) is 15.5. The van der Waals surface area contributed by atoms with Gasteiger partial charge in [-0.2, -0.15) is 0 Å². The highest BCUT2D eigenvalue weighted by atomic mass is 35.5. The number of ether oxygens (including phenoxy) is 1. The highest BCUT2D eigenvalue weighted by Crippen LogP contribution is 2.24. The molecule has 126 valence electrons. The van der Waals surface area contributed by atoms with E-state index in [9.17, 15) is 4.79 Å². The molecule has 1 saturated heterocycles. The number of piperazine rings is 1. The zero-order valence-electron chi connectivity index (χ0n) is 13.8. The lowest BCUT2D eigenvalue weighted by Gasteiger charge is -2.34. The van der Waals surface area contributed by atoms with Crippen molar-refractivity contribution in [1.29, 1.82) is 0 Å². The Bertz CT molecular complexity index is 712. The molecule has 24 heavy (non-hydrogen) atoms. The van der Waals surface area contributed by atoms with Gasteiger partial charge in [0, 0.05) is 5.56 Å². The Morgan fingerprint density at radius 2 is 1.92 bits per heavy atom. The van der Waals surface area contributed by atoms with Crippen molar-refractivity contribution in [2.75, 3.05) is 38.2 Å². The molecule has 0 unspecified atom stereocenters. The summed E-state index contributed by atoms with van der Waals surface area (Å²) in [5.41, 5.74) is 2.90. The maximum atomic E-state index is 11.6. The average Bonchev–Trinajstić information content (AvgIpc) is 2.62. The zero-order chi connectivity index (χ0) is 16.9. The zero-order valence-corrected chi connectivity index (χ0v) is 14.6. The fourth-order valence-electron chi connectivity index (χ4n) is 3.16. The second-order valence-corrected chi connectivity index (χ2v) is 6.46. The third-order valence-electron chi connectivity index (χ3n) is 4.47. The smallest absolute Gasteiger partial charge is 0.337 e. The van der Waals surface area contributed by atoms with E-state index in [0.29, 0.717) is 5.56 Å². The second-order valence-electron chi connectivity index (χ2n) is 6.06. The fraction of sp³-hybridized carbons (Fsp3) is 0.316. The number of benzene rings is 2. The summed E-state index contributed by atoms with van der Waals surface area (Å²) in [6.45, 7) is 4.98. The third-order valence-corrected chi connectivity index (χ3v) is 4.79. The molecule has 4 nitrogen and oxygen atoms in total. The average molecular weight is 346 g/mol. The molecule has 3 rings (SSSR count). The topological polar surface area (TPSA) is 34.0 Å². The number of carbonyl (C=O) groups excluding carboxylic acids is 1. The SMILES string of the molecule is COC(=O)c1cccc(C[NH+]2CCN(c3ccccc3Cl)CC2)c1. The predicted octanol–water partition coefficient (Wildman–Crippen LogP) is 2.03. The molecule has 0 bridgehead atoms. The Hall–Kier alpha value is -2.04. The summed E-state index contributed by atoms with van der Waals surface area (Å²) in [6.07, 6.45) is 0. The van der Waals surface area contributed by atoms with Crippen LogP contribution in [0.5, 0.6) is 0 Å². The van der Waals surface area contributed by atoms with Crippen LogP contribution in [0.3, 0.4) is 0 Å². The number of esters is 1. The Kier molecular flexibility index (Phi) is 5.38. The van der Waals surface area contributed by atoms with Gasteiger partial charge in [-0.3, -0.25) is 0 Å². The van der Waals surface area contributed by atoms with Crippen LogP contribution < -0.4 is 9.80 Å². The first-order chi connectivity index (χ1) is 11.7. The monoisotopic (exact) mass is 345 g/mol. The minimum absolute atomic E-state index is 0.282. The summed E-state index contributed by atoms with van der Waals surface area (Å²) < 4.78 is 4.79. The van der Waals surface area contributed by atoms with Crippen molar-refractivity contribution in [2.45, 2.75) is 6.54 Å². The van der Waals surface area contributed by atoms with Gasteiger partial charge in [0.25, 0.3) is 0 Å². The summed E-state index contributed by atoms with van der Waals surface area (Å²) in [6, 6.07) is 15.7. The maximum Gasteiger partial charge on any atom is 0.337 e. The summed E-state index contributed by atoms with van der Waals surface area (Å²) in [5, 5.41) is 0.812. The van der Waals surface area contributed by atoms with Crippen LogP contribution in [-0.2, 0) is 11.3 Å². The van der Waals surface area contributed by atoms with Crippen molar-refractivity contribution in [3.63, 3.8) is 0 Å². The molecular formula is C19H22ClN2O2+. The van der Waals surface area contributed by atoms with Gasteiger partial charge in [-0.1, -0.05) is 35.9 Å². The predicted molar refractivity (Wildman–Crippen MR) is 95.8 cm³/mol. The number of hydrogen-bond acceptors (Lipinski definition) is 3. The summed E-state index contributed by atoms with van der Waals surface area (Å²) in [7, 11) is 1.41. The molecule has 5 heteroatoms. The number of carbonyl (C=O) groups is 1. The standard InChI is InChI=1S/C19H21ClN2O2/c1-24-19(23)16-6-4-5-15(13-16)14-21-9-11-22(12-10-21)18-8-3-2-7-17(18)20/h2-8,13H,9-12,14H2,1H3/p+1. The van der Waals surface area contributed by atoms with Crippen LogP contribution in [0, 0.1) is 0 Å². The van der Waals surface area contributed by atoms with Crippen LogP contribution in [0.25, 0.3) is 0 Å². The van der Waals surface area contributed by atoms with Gasteiger partial charge >= 0.3 is 5.97 Å². The van der Waals surface area contributed by atoms with E-state index in [1.165, 1.54) is 17.6 Å². The summed E-state index contributed by atoms with van der Waals surface area (Å²) in [5.74, 6) is -0.282. The van der Waals surface area contributed by atoms with Crippen LogP contribution in [0.2, 0.25) is 5.02 Å². The fourth-order valence-corrected chi connectivity index (χ4v) is 3.42. The van der Waals surface area contributed by atoms with E-state index < -0.39 is 0 Å². The molecule has 1 N–H and O–H groups in total. The van der Waals surface area contributed by atoms with Gasteiger partial charge in [-0.05, 0) is 24.3 Å². The van der Waals surface area contributed by atoms with Crippen LogP contribution in [0.15, 0.2) is 48.5 Å². The Morgan fingerprint density at radius 1 is 1.17 bits per heavy atom. The van der Waals surface area contributed by atoms with Crippen molar-refractivity contribution in [3.05, 3.63) is 64.7 Å². The molecule has 2 aromatic carbocycles. The van der Waals surface area contributed by atoms with E-state index in [1.807, 2.05) is 30.3 Å². The second kappa shape index (κ2) is 7.69. The Balaban J connectivity index is 1.60. The van der Waals surface area contributed by atoms with E-state index in [-0.39, 0.29) is 5.97 Å². The Labute approximate surface area is 147 Å². The van der Waals surface area contributed by atoms with Crippen molar-refractivity contribution in [3.8, 4) is 0 Å². The molecule has 1 fully saturated rings. The van der Waals surface area contributed by atoms with Crippen molar-refractivity contribution < 1.29 is 14.4 Å². The first-order valence-corrected chi connectivity index (χ1v) is 8.55. The number of halogens is 1. The molecule has 0 aliphatic carbocycles. The van der Waals surface area contributed by atoms with Gasteiger partial charge in [-0.25, -0.2) is 4.79 Å². The normalized spacial score (nSPS) is 15.3. The number of quaternary nitrogens is 1. The molecule has 1 heterocycles. The molecule has 2 aromatic rings. The number of nitrogens with zero attached hydrogens (tertiary/aromatic N) is 1.